The van der Waals surface area contributed by atoms with Crippen molar-refractivity contribution >= 4 is 11.6 Å². The fourth-order valence-corrected chi connectivity index (χ4v) is 2.43. The lowest BCUT2D eigenvalue weighted by atomic mass is 10.1. The Morgan fingerprint density at radius 2 is 1.74 bits per heavy atom. The Balaban J connectivity index is 2.23. The van der Waals surface area contributed by atoms with Gasteiger partial charge in [-0.2, -0.15) is 0 Å². The monoisotopic (exact) mass is 269 g/mol. The molecular formula is C14H21F2N3. The molecule has 1 N–H and O–H groups in total. The van der Waals surface area contributed by atoms with Gasteiger partial charge in [0, 0.05) is 25.7 Å². The van der Waals surface area contributed by atoms with E-state index in [1.54, 1.807) is 0 Å². The summed E-state index contributed by atoms with van der Waals surface area (Å²) < 4.78 is 27.5. The lowest BCUT2D eigenvalue weighted by molar-refractivity contribution is 0.532. The minimum Gasteiger partial charge on any atom is -0.368 e. The van der Waals surface area contributed by atoms with Crippen molar-refractivity contribution in [3.05, 3.63) is 17.7 Å². The van der Waals surface area contributed by atoms with Gasteiger partial charge in [0.1, 0.15) is 0 Å². The van der Waals surface area contributed by atoms with Crippen LogP contribution in [0, 0.1) is 11.6 Å². The van der Waals surface area contributed by atoms with Crippen LogP contribution in [0.1, 0.15) is 39.0 Å². The van der Waals surface area contributed by atoms with Gasteiger partial charge in [-0.15, -0.1) is 0 Å². The number of hydrogen-bond donors (Lipinski definition) is 1. The largest absolute Gasteiger partial charge is 0.368 e. The molecule has 0 spiro atoms. The van der Waals surface area contributed by atoms with E-state index < -0.39 is 11.6 Å². The topological polar surface area (TPSA) is 28.2 Å². The fourth-order valence-electron chi connectivity index (χ4n) is 2.43. The van der Waals surface area contributed by atoms with Crippen molar-refractivity contribution in [1.29, 1.82) is 0 Å². The van der Waals surface area contributed by atoms with Crippen molar-refractivity contribution in [3.8, 4) is 0 Å². The van der Waals surface area contributed by atoms with Crippen LogP contribution in [0.25, 0.3) is 0 Å². The molecule has 0 bridgehead atoms. The van der Waals surface area contributed by atoms with Crippen molar-refractivity contribution < 1.29 is 8.78 Å². The first-order valence-electron chi connectivity index (χ1n) is 7.07. The molecule has 106 valence electrons. The molecule has 1 aliphatic heterocycles. The van der Waals surface area contributed by atoms with Gasteiger partial charge in [0.15, 0.2) is 23.3 Å². The smallest absolute Gasteiger partial charge is 0.168 e. The quantitative estimate of drug-likeness (QED) is 0.909. The third kappa shape index (κ3) is 3.55. The highest BCUT2D eigenvalue weighted by Gasteiger charge is 2.18. The zero-order valence-electron chi connectivity index (χ0n) is 11.4. The maximum absolute atomic E-state index is 13.9. The predicted octanol–water partition coefficient (Wildman–Crippen LogP) is 3.56. The van der Waals surface area contributed by atoms with Crippen LogP contribution in [-0.4, -0.2) is 24.6 Å². The third-order valence-electron chi connectivity index (χ3n) is 3.41. The minimum atomic E-state index is -0.629. The van der Waals surface area contributed by atoms with Crippen LogP contribution in [0.5, 0.6) is 0 Å². The van der Waals surface area contributed by atoms with Gasteiger partial charge in [-0.1, -0.05) is 19.3 Å². The van der Waals surface area contributed by atoms with E-state index in [0.717, 1.165) is 32.0 Å². The number of pyridine rings is 1. The number of rotatable bonds is 3. The lowest BCUT2D eigenvalue weighted by Gasteiger charge is -2.26. The van der Waals surface area contributed by atoms with Crippen molar-refractivity contribution in [2.75, 3.05) is 29.9 Å². The van der Waals surface area contributed by atoms with E-state index in [1.165, 1.54) is 19.3 Å². The van der Waals surface area contributed by atoms with Crippen LogP contribution in [0.15, 0.2) is 6.07 Å². The predicted molar refractivity (Wildman–Crippen MR) is 73.6 cm³/mol. The molecule has 0 saturated carbocycles. The molecule has 5 heteroatoms. The molecule has 1 aromatic rings. The normalized spacial score (nSPS) is 16.9. The molecule has 1 aromatic heterocycles. The lowest BCUT2D eigenvalue weighted by Crippen LogP contribution is -2.29. The van der Waals surface area contributed by atoms with Crippen LogP contribution < -0.4 is 10.2 Å². The van der Waals surface area contributed by atoms with Crippen molar-refractivity contribution in [2.24, 2.45) is 0 Å². The van der Waals surface area contributed by atoms with E-state index in [9.17, 15) is 8.78 Å². The third-order valence-corrected chi connectivity index (χ3v) is 3.41. The summed E-state index contributed by atoms with van der Waals surface area (Å²) in [5.41, 5.74) is 0. The van der Waals surface area contributed by atoms with Crippen molar-refractivity contribution in [2.45, 2.75) is 39.0 Å². The second-order valence-corrected chi connectivity index (χ2v) is 4.91. The summed E-state index contributed by atoms with van der Waals surface area (Å²) in [6, 6.07) is 0.930. The minimum absolute atomic E-state index is 0.140. The van der Waals surface area contributed by atoms with Crippen molar-refractivity contribution in [1.82, 2.24) is 4.98 Å². The highest BCUT2D eigenvalue weighted by molar-refractivity contribution is 5.49. The highest BCUT2D eigenvalue weighted by Crippen LogP contribution is 2.24. The molecule has 0 aromatic carbocycles. The van der Waals surface area contributed by atoms with Crippen LogP contribution in [0.4, 0.5) is 20.4 Å². The van der Waals surface area contributed by atoms with Gasteiger partial charge in [-0.25, -0.2) is 13.8 Å². The Bertz CT molecular complexity index is 415. The van der Waals surface area contributed by atoms with Gasteiger partial charge >= 0.3 is 0 Å². The summed E-state index contributed by atoms with van der Waals surface area (Å²) in [5.74, 6) is -0.782. The highest BCUT2D eigenvalue weighted by atomic mass is 19.1. The molecule has 0 atom stereocenters. The molecule has 0 unspecified atom stereocenters. The van der Waals surface area contributed by atoms with Crippen LogP contribution in [0.3, 0.4) is 0 Å². The van der Waals surface area contributed by atoms with Crippen molar-refractivity contribution in [3.63, 3.8) is 0 Å². The maximum Gasteiger partial charge on any atom is 0.168 e. The zero-order valence-corrected chi connectivity index (χ0v) is 11.4. The number of anilines is 2. The summed E-state index contributed by atoms with van der Waals surface area (Å²) in [6.45, 7) is 4.01. The standard InChI is InChI=1S/C14H21F2N3/c1-2-17-13-11(15)10-12(16)14(18-13)19-8-6-4-3-5-7-9-19/h10H,2-9H2,1H3,(H,17,18). The first-order valence-corrected chi connectivity index (χ1v) is 7.07. The molecule has 1 saturated heterocycles. The SMILES string of the molecule is CCNc1nc(N2CCCCCCC2)c(F)cc1F. The molecule has 1 aliphatic rings. The first-order chi connectivity index (χ1) is 9.22. The summed E-state index contributed by atoms with van der Waals surface area (Å²) in [6.07, 6.45) is 5.65. The van der Waals surface area contributed by atoms with E-state index >= 15 is 0 Å². The van der Waals surface area contributed by atoms with Gasteiger partial charge in [-0.3, -0.25) is 0 Å². The van der Waals surface area contributed by atoms with E-state index in [2.05, 4.69) is 10.3 Å². The molecule has 2 heterocycles. The molecule has 0 amide bonds. The average Bonchev–Trinajstić information content (AvgIpc) is 2.33. The number of nitrogens with one attached hydrogen (secondary N) is 1. The number of aromatic nitrogens is 1. The average molecular weight is 269 g/mol. The van der Waals surface area contributed by atoms with Gasteiger partial charge in [0.05, 0.1) is 0 Å². The summed E-state index contributed by atoms with van der Waals surface area (Å²) in [7, 11) is 0. The Labute approximate surface area is 113 Å². The van der Waals surface area contributed by atoms with Gasteiger partial charge in [0.25, 0.3) is 0 Å². The molecule has 2 rings (SSSR count). The molecule has 0 radical (unpaired) electrons. The summed E-state index contributed by atoms with van der Waals surface area (Å²) in [4.78, 5) is 6.06. The van der Waals surface area contributed by atoms with Gasteiger partial charge < -0.3 is 10.2 Å². The van der Waals surface area contributed by atoms with Crippen LogP contribution >= 0.6 is 0 Å². The summed E-state index contributed by atoms with van der Waals surface area (Å²) >= 11 is 0. The number of nitrogens with zero attached hydrogens (tertiary/aromatic N) is 2. The molecular weight excluding hydrogens is 248 g/mol. The molecule has 0 aliphatic carbocycles. The van der Waals surface area contributed by atoms with Crippen LogP contribution in [0.2, 0.25) is 0 Å². The first kappa shape index (κ1) is 14.0. The molecule has 3 nitrogen and oxygen atoms in total. The Kier molecular flexibility index (Phi) is 4.93. The second-order valence-electron chi connectivity index (χ2n) is 4.91. The molecule has 19 heavy (non-hydrogen) atoms. The van der Waals surface area contributed by atoms with E-state index in [-0.39, 0.29) is 11.6 Å². The van der Waals surface area contributed by atoms with Crippen LogP contribution in [-0.2, 0) is 0 Å². The van der Waals surface area contributed by atoms with E-state index in [1.807, 2.05) is 11.8 Å². The van der Waals surface area contributed by atoms with Gasteiger partial charge in [-0.05, 0) is 19.8 Å². The Morgan fingerprint density at radius 1 is 1.11 bits per heavy atom. The zero-order chi connectivity index (χ0) is 13.7. The fraction of sp³-hybridized carbons (Fsp3) is 0.643. The number of hydrogen-bond acceptors (Lipinski definition) is 3. The van der Waals surface area contributed by atoms with E-state index in [4.69, 9.17) is 0 Å². The maximum atomic E-state index is 13.9. The Morgan fingerprint density at radius 3 is 2.37 bits per heavy atom. The van der Waals surface area contributed by atoms with E-state index in [0.29, 0.717) is 6.54 Å². The number of halogens is 2. The molecule has 1 fully saturated rings. The summed E-state index contributed by atoms with van der Waals surface area (Å²) in [5, 5.41) is 2.83. The Hall–Kier alpha value is -1.39. The second kappa shape index (κ2) is 6.68. The van der Waals surface area contributed by atoms with Gasteiger partial charge in [0.2, 0.25) is 0 Å².